The van der Waals surface area contributed by atoms with E-state index in [1.807, 2.05) is 12.1 Å². The minimum absolute atomic E-state index is 0.136. The van der Waals surface area contributed by atoms with Gasteiger partial charge in [0, 0.05) is 25.4 Å². The third-order valence-corrected chi connectivity index (χ3v) is 2.24. The Balaban J connectivity index is 1.85. The van der Waals surface area contributed by atoms with Gasteiger partial charge < -0.3 is 10.1 Å². The van der Waals surface area contributed by atoms with Crippen LogP contribution in [0.1, 0.15) is 12.0 Å². The van der Waals surface area contributed by atoms with Gasteiger partial charge in [-0.1, -0.05) is 0 Å². The number of rotatable bonds is 3. The van der Waals surface area contributed by atoms with E-state index in [9.17, 15) is 4.79 Å². The highest BCUT2D eigenvalue weighted by molar-refractivity contribution is 5.77. The number of hydrogen-bond donors (Lipinski definition) is 1. The molecule has 0 saturated carbocycles. The molecule has 4 heteroatoms. The summed E-state index contributed by atoms with van der Waals surface area (Å²) in [5.41, 5.74) is 1.12. The van der Waals surface area contributed by atoms with Crippen LogP contribution in [0.15, 0.2) is 24.5 Å². The van der Waals surface area contributed by atoms with Gasteiger partial charge >= 0.3 is 5.97 Å². The topological polar surface area (TPSA) is 51.2 Å². The second-order valence-corrected chi connectivity index (χ2v) is 3.25. The molecule has 1 aliphatic heterocycles. The van der Waals surface area contributed by atoms with Crippen molar-refractivity contribution in [1.29, 1.82) is 0 Å². The number of carbonyl (C=O) groups is 1. The monoisotopic (exact) mass is 192 g/mol. The number of hydrogen-bond acceptors (Lipinski definition) is 4. The number of aromatic nitrogens is 1. The molecule has 2 rings (SSSR count). The van der Waals surface area contributed by atoms with Gasteiger partial charge in [0.15, 0.2) is 0 Å². The van der Waals surface area contributed by atoms with E-state index >= 15 is 0 Å². The maximum atomic E-state index is 11.1. The smallest absolute Gasteiger partial charge is 0.323 e. The standard InChI is InChI=1S/C10H12N2O2/c13-10-9(3-6-14-10)12-7-8-1-4-11-5-2-8/h1-2,4-5,9,12H,3,6-7H2. The van der Waals surface area contributed by atoms with Crippen LogP contribution in [-0.2, 0) is 16.1 Å². The number of nitrogens with zero attached hydrogens (tertiary/aromatic N) is 1. The molecule has 0 aliphatic carbocycles. The Morgan fingerprint density at radius 2 is 2.29 bits per heavy atom. The van der Waals surface area contributed by atoms with E-state index in [1.54, 1.807) is 12.4 Å². The molecule has 1 aromatic rings. The third-order valence-electron chi connectivity index (χ3n) is 2.24. The number of esters is 1. The van der Waals surface area contributed by atoms with Crippen LogP contribution in [0.3, 0.4) is 0 Å². The van der Waals surface area contributed by atoms with Crippen molar-refractivity contribution in [2.45, 2.75) is 19.0 Å². The Labute approximate surface area is 82.3 Å². The molecule has 1 unspecified atom stereocenters. The van der Waals surface area contributed by atoms with Gasteiger partial charge in [0.2, 0.25) is 0 Å². The molecule has 0 amide bonds. The van der Waals surface area contributed by atoms with Crippen molar-refractivity contribution in [2.75, 3.05) is 6.61 Å². The van der Waals surface area contributed by atoms with E-state index in [2.05, 4.69) is 10.3 Å². The molecule has 1 N–H and O–H groups in total. The Hall–Kier alpha value is -1.42. The summed E-state index contributed by atoms with van der Waals surface area (Å²) in [6.07, 6.45) is 4.25. The predicted molar refractivity (Wildman–Crippen MR) is 50.4 cm³/mol. The summed E-state index contributed by atoms with van der Waals surface area (Å²) in [6.45, 7) is 1.22. The highest BCUT2D eigenvalue weighted by atomic mass is 16.5. The first-order valence-electron chi connectivity index (χ1n) is 4.65. The van der Waals surface area contributed by atoms with Crippen molar-refractivity contribution in [3.63, 3.8) is 0 Å². The van der Waals surface area contributed by atoms with Gasteiger partial charge in [-0.25, -0.2) is 0 Å². The van der Waals surface area contributed by atoms with E-state index in [4.69, 9.17) is 4.74 Å². The van der Waals surface area contributed by atoms with Gasteiger partial charge in [0.1, 0.15) is 6.04 Å². The fraction of sp³-hybridized carbons (Fsp3) is 0.400. The van der Waals surface area contributed by atoms with Crippen molar-refractivity contribution >= 4 is 5.97 Å². The highest BCUT2D eigenvalue weighted by Gasteiger charge is 2.25. The van der Waals surface area contributed by atoms with E-state index in [0.717, 1.165) is 12.0 Å². The minimum atomic E-state index is -0.140. The maximum Gasteiger partial charge on any atom is 0.323 e. The molecule has 2 heterocycles. The minimum Gasteiger partial charge on any atom is -0.464 e. The summed E-state index contributed by atoms with van der Waals surface area (Å²) >= 11 is 0. The number of ether oxygens (including phenoxy) is 1. The number of nitrogens with one attached hydrogen (secondary N) is 1. The van der Waals surface area contributed by atoms with Crippen LogP contribution in [0.25, 0.3) is 0 Å². The molecule has 1 atom stereocenters. The molecule has 14 heavy (non-hydrogen) atoms. The number of carbonyl (C=O) groups excluding carboxylic acids is 1. The molecule has 1 saturated heterocycles. The first-order valence-corrected chi connectivity index (χ1v) is 4.65. The lowest BCUT2D eigenvalue weighted by molar-refractivity contribution is -0.139. The molecule has 74 valence electrons. The van der Waals surface area contributed by atoms with Crippen LogP contribution in [0.4, 0.5) is 0 Å². The zero-order chi connectivity index (χ0) is 9.80. The highest BCUT2D eigenvalue weighted by Crippen LogP contribution is 2.06. The van der Waals surface area contributed by atoms with Crippen LogP contribution in [0.5, 0.6) is 0 Å². The van der Waals surface area contributed by atoms with Gasteiger partial charge in [0.25, 0.3) is 0 Å². The molecule has 4 nitrogen and oxygen atoms in total. The zero-order valence-corrected chi connectivity index (χ0v) is 7.77. The first-order chi connectivity index (χ1) is 6.86. The van der Waals surface area contributed by atoms with Crippen LogP contribution in [0, 0.1) is 0 Å². The summed E-state index contributed by atoms with van der Waals surface area (Å²) in [7, 11) is 0. The number of pyridine rings is 1. The second-order valence-electron chi connectivity index (χ2n) is 3.25. The average Bonchev–Trinajstić information content (AvgIpc) is 2.63. The van der Waals surface area contributed by atoms with E-state index in [1.165, 1.54) is 0 Å². The van der Waals surface area contributed by atoms with Gasteiger partial charge in [-0.05, 0) is 17.7 Å². The van der Waals surface area contributed by atoms with Crippen molar-refractivity contribution in [2.24, 2.45) is 0 Å². The largest absolute Gasteiger partial charge is 0.464 e. The van der Waals surface area contributed by atoms with Crippen molar-refractivity contribution in [1.82, 2.24) is 10.3 Å². The first kappa shape index (κ1) is 9.15. The van der Waals surface area contributed by atoms with Crippen molar-refractivity contribution < 1.29 is 9.53 Å². The van der Waals surface area contributed by atoms with Crippen LogP contribution >= 0.6 is 0 Å². The van der Waals surface area contributed by atoms with E-state index in [0.29, 0.717) is 13.2 Å². The normalized spacial score (nSPS) is 20.9. The molecular weight excluding hydrogens is 180 g/mol. The lowest BCUT2D eigenvalue weighted by atomic mass is 10.2. The van der Waals surface area contributed by atoms with Gasteiger partial charge in [-0.15, -0.1) is 0 Å². The quantitative estimate of drug-likeness (QED) is 0.708. The SMILES string of the molecule is O=C1OCCC1NCc1ccncc1. The molecule has 0 spiro atoms. The lowest BCUT2D eigenvalue weighted by Crippen LogP contribution is -2.32. The van der Waals surface area contributed by atoms with Crippen LogP contribution in [-0.4, -0.2) is 23.6 Å². The summed E-state index contributed by atoms with van der Waals surface area (Å²) in [5, 5.41) is 3.15. The molecule has 1 aliphatic rings. The Kier molecular flexibility index (Phi) is 2.74. The lowest BCUT2D eigenvalue weighted by Gasteiger charge is -2.07. The van der Waals surface area contributed by atoms with Crippen molar-refractivity contribution in [3.05, 3.63) is 30.1 Å². The Bertz CT molecular complexity index is 313. The summed E-state index contributed by atoms with van der Waals surface area (Å²) < 4.78 is 4.84. The summed E-state index contributed by atoms with van der Waals surface area (Å²) in [4.78, 5) is 15.0. The number of cyclic esters (lactones) is 1. The van der Waals surface area contributed by atoms with Gasteiger partial charge in [-0.3, -0.25) is 9.78 Å². The van der Waals surface area contributed by atoms with Crippen molar-refractivity contribution in [3.8, 4) is 0 Å². The average molecular weight is 192 g/mol. The Morgan fingerprint density at radius 1 is 1.50 bits per heavy atom. The molecule has 0 bridgehead atoms. The van der Waals surface area contributed by atoms with E-state index in [-0.39, 0.29) is 12.0 Å². The second kappa shape index (κ2) is 4.19. The summed E-state index contributed by atoms with van der Waals surface area (Å²) in [6, 6.07) is 3.71. The van der Waals surface area contributed by atoms with E-state index < -0.39 is 0 Å². The Morgan fingerprint density at radius 3 is 2.93 bits per heavy atom. The predicted octanol–water partition coefficient (Wildman–Crippen LogP) is 0.487. The fourth-order valence-electron chi connectivity index (χ4n) is 1.42. The molecule has 0 aromatic carbocycles. The molecule has 1 aromatic heterocycles. The maximum absolute atomic E-state index is 11.1. The summed E-state index contributed by atoms with van der Waals surface area (Å²) in [5.74, 6) is -0.140. The van der Waals surface area contributed by atoms with Crippen LogP contribution in [0.2, 0.25) is 0 Å². The van der Waals surface area contributed by atoms with Crippen LogP contribution < -0.4 is 5.32 Å². The molecule has 1 fully saturated rings. The zero-order valence-electron chi connectivity index (χ0n) is 7.77. The molecule has 0 radical (unpaired) electrons. The van der Waals surface area contributed by atoms with Gasteiger partial charge in [0.05, 0.1) is 6.61 Å². The van der Waals surface area contributed by atoms with Gasteiger partial charge in [-0.2, -0.15) is 0 Å². The fourth-order valence-corrected chi connectivity index (χ4v) is 1.42. The molecular formula is C10H12N2O2. The third kappa shape index (κ3) is 2.09.